The number of nitrogens with zero attached hydrogens (tertiary/aromatic N) is 3. The van der Waals surface area contributed by atoms with Gasteiger partial charge in [-0.1, -0.05) is 30.0 Å². The molecular weight excluding hydrogens is 443 g/mol. The van der Waals surface area contributed by atoms with Crippen LogP contribution in [-0.4, -0.2) is 38.9 Å². The largest absolute Gasteiger partial charge is 0.416 e. The molecule has 3 rings (SSSR count). The van der Waals surface area contributed by atoms with Crippen LogP contribution in [-0.2, 0) is 24.4 Å². The lowest BCUT2D eigenvalue weighted by molar-refractivity contribution is -0.137. The van der Waals surface area contributed by atoms with E-state index in [1.54, 1.807) is 42.2 Å². The number of aromatic nitrogens is 3. The van der Waals surface area contributed by atoms with Gasteiger partial charge in [-0.25, -0.2) is 0 Å². The van der Waals surface area contributed by atoms with Crippen molar-refractivity contribution in [2.75, 3.05) is 17.6 Å². The van der Waals surface area contributed by atoms with Crippen molar-refractivity contribution in [1.82, 2.24) is 20.1 Å². The fourth-order valence-corrected chi connectivity index (χ4v) is 3.44. The molecule has 0 bridgehead atoms. The minimum Gasteiger partial charge on any atom is -0.352 e. The number of amides is 2. The molecule has 0 fully saturated rings. The van der Waals surface area contributed by atoms with Crippen molar-refractivity contribution in [3.05, 3.63) is 71.5 Å². The van der Waals surface area contributed by atoms with E-state index in [2.05, 4.69) is 20.8 Å². The summed E-state index contributed by atoms with van der Waals surface area (Å²) in [6.07, 6.45) is -2.44. The first-order chi connectivity index (χ1) is 15.2. The SMILES string of the molecule is Cn1cnnc1SCC(=O)Nc1cccc(C(=O)NCCc2ccc(C(F)(F)F)cc2)c1. The van der Waals surface area contributed by atoms with Crippen LogP contribution in [0.1, 0.15) is 21.5 Å². The molecule has 2 amide bonds. The monoisotopic (exact) mass is 463 g/mol. The van der Waals surface area contributed by atoms with E-state index in [0.717, 1.165) is 12.1 Å². The molecule has 0 saturated heterocycles. The molecule has 0 unspecified atom stereocenters. The summed E-state index contributed by atoms with van der Waals surface area (Å²) in [5, 5.41) is 13.7. The molecule has 11 heteroatoms. The van der Waals surface area contributed by atoms with Crippen LogP contribution >= 0.6 is 11.8 Å². The van der Waals surface area contributed by atoms with Gasteiger partial charge in [0.15, 0.2) is 5.16 Å². The first kappa shape index (κ1) is 23.3. The van der Waals surface area contributed by atoms with Gasteiger partial charge in [0.2, 0.25) is 5.91 Å². The van der Waals surface area contributed by atoms with Gasteiger partial charge in [-0.3, -0.25) is 9.59 Å². The maximum atomic E-state index is 12.6. The van der Waals surface area contributed by atoms with Crippen LogP contribution < -0.4 is 10.6 Å². The lowest BCUT2D eigenvalue weighted by Crippen LogP contribution is -2.26. The molecule has 0 aliphatic rings. The summed E-state index contributed by atoms with van der Waals surface area (Å²) in [6, 6.07) is 11.3. The molecule has 0 aliphatic heterocycles. The molecule has 0 spiro atoms. The van der Waals surface area contributed by atoms with E-state index in [0.29, 0.717) is 28.4 Å². The molecule has 3 aromatic rings. The second-order valence-electron chi connectivity index (χ2n) is 6.84. The summed E-state index contributed by atoms with van der Waals surface area (Å²) >= 11 is 1.24. The van der Waals surface area contributed by atoms with Crippen molar-refractivity contribution >= 4 is 29.3 Å². The minimum atomic E-state index is -4.37. The minimum absolute atomic E-state index is 0.135. The number of nitrogens with one attached hydrogen (secondary N) is 2. The number of carbonyl (C=O) groups is 2. The predicted molar refractivity (Wildman–Crippen MR) is 114 cm³/mol. The fraction of sp³-hybridized carbons (Fsp3) is 0.238. The van der Waals surface area contributed by atoms with Crippen molar-refractivity contribution < 1.29 is 22.8 Å². The Morgan fingerprint density at radius 1 is 1.12 bits per heavy atom. The van der Waals surface area contributed by atoms with Gasteiger partial charge in [0.05, 0.1) is 11.3 Å². The second-order valence-corrected chi connectivity index (χ2v) is 7.79. The van der Waals surface area contributed by atoms with E-state index < -0.39 is 11.7 Å². The Morgan fingerprint density at radius 2 is 1.88 bits per heavy atom. The number of anilines is 1. The number of hydrogen-bond donors (Lipinski definition) is 2. The van der Waals surface area contributed by atoms with E-state index in [1.807, 2.05) is 0 Å². The third kappa shape index (κ3) is 6.58. The molecule has 1 aromatic heterocycles. The summed E-state index contributed by atoms with van der Waals surface area (Å²) in [6.45, 7) is 0.259. The highest BCUT2D eigenvalue weighted by atomic mass is 32.2. The number of halogens is 3. The van der Waals surface area contributed by atoms with E-state index in [-0.39, 0.29) is 24.1 Å². The van der Waals surface area contributed by atoms with Gasteiger partial charge in [-0.05, 0) is 42.3 Å². The molecule has 0 aliphatic carbocycles. The van der Waals surface area contributed by atoms with E-state index in [1.165, 1.54) is 23.9 Å². The lowest BCUT2D eigenvalue weighted by Gasteiger charge is -2.09. The number of thioether (sulfide) groups is 1. The van der Waals surface area contributed by atoms with E-state index >= 15 is 0 Å². The van der Waals surface area contributed by atoms with Crippen LogP contribution in [0.15, 0.2) is 60.0 Å². The summed E-state index contributed by atoms with van der Waals surface area (Å²) < 4.78 is 39.5. The quantitative estimate of drug-likeness (QED) is 0.499. The van der Waals surface area contributed by atoms with Gasteiger partial charge in [0.1, 0.15) is 6.33 Å². The number of carbonyl (C=O) groups excluding carboxylic acids is 2. The van der Waals surface area contributed by atoms with Gasteiger partial charge in [-0.2, -0.15) is 13.2 Å². The zero-order valence-electron chi connectivity index (χ0n) is 17.0. The second kappa shape index (κ2) is 10.3. The van der Waals surface area contributed by atoms with Gasteiger partial charge >= 0.3 is 6.18 Å². The Balaban J connectivity index is 1.48. The first-order valence-corrected chi connectivity index (χ1v) is 10.5. The normalized spacial score (nSPS) is 11.2. The fourth-order valence-electron chi connectivity index (χ4n) is 2.75. The number of benzene rings is 2. The van der Waals surface area contributed by atoms with Crippen LogP contribution in [0, 0.1) is 0 Å². The molecular formula is C21H20F3N5O2S. The van der Waals surface area contributed by atoms with E-state index in [4.69, 9.17) is 0 Å². The van der Waals surface area contributed by atoms with Crippen LogP contribution in [0.5, 0.6) is 0 Å². The van der Waals surface area contributed by atoms with E-state index in [9.17, 15) is 22.8 Å². The molecule has 32 heavy (non-hydrogen) atoms. The highest BCUT2D eigenvalue weighted by molar-refractivity contribution is 7.99. The molecule has 168 valence electrons. The number of aryl methyl sites for hydroxylation is 1. The Kier molecular flexibility index (Phi) is 7.52. The highest BCUT2D eigenvalue weighted by Gasteiger charge is 2.29. The maximum absolute atomic E-state index is 12.6. The smallest absolute Gasteiger partial charge is 0.352 e. The average Bonchev–Trinajstić information content (AvgIpc) is 3.17. The van der Waals surface area contributed by atoms with Crippen molar-refractivity contribution in [3.63, 3.8) is 0 Å². The zero-order chi connectivity index (χ0) is 23.1. The predicted octanol–water partition coefficient (Wildman–Crippen LogP) is 3.54. The summed E-state index contributed by atoms with van der Waals surface area (Å²) in [5.74, 6) is -0.463. The van der Waals surface area contributed by atoms with Crippen LogP contribution in [0.2, 0.25) is 0 Å². The van der Waals surface area contributed by atoms with Gasteiger partial charge in [-0.15, -0.1) is 10.2 Å². The zero-order valence-corrected chi connectivity index (χ0v) is 17.8. The average molecular weight is 463 g/mol. The topological polar surface area (TPSA) is 88.9 Å². The van der Waals surface area contributed by atoms with Crippen molar-refractivity contribution in [3.8, 4) is 0 Å². The number of alkyl halides is 3. The third-order valence-electron chi connectivity index (χ3n) is 4.39. The molecule has 2 N–H and O–H groups in total. The summed E-state index contributed by atoms with van der Waals surface area (Å²) in [5.41, 5.74) is 0.805. The molecule has 7 nitrogen and oxygen atoms in total. The Hall–Kier alpha value is -3.34. The number of hydrogen-bond acceptors (Lipinski definition) is 5. The molecule has 2 aromatic carbocycles. The highest BCUT2D eigenvalue weighted by Crippen LogP contribution is 2.29. The van der Waals surface area contributed by atoms with Gasteiger partial charge < -0.3 is 15.2 Å². The molecule has 0 atom stereocenters. The van der Waals surface area contributed by atoms with Crippen LogP contribution in [0.4, 0.5) is 18.9 Å². The van der Waals surface area contributed by atoms with Crippen molar-refractivity contribution in [2.24, 2.45) is 7.05 Å². The molecule has 0 saturated carbocycles. The van der Waals surface area contributed by atoms with Gasteiger partial charge in [0, 0.05) is 24.8 Å². The lowest BCUT2D eigenvalue weighted by atomic mass is 10.1. The Labute approximate surface area is 186 Å². The summed E-state index contributed by atoms with van der Waals surface area (Å²) in [7, 11) is 1.78. The third-order valence-corrected chi connectivity index (χ3v) is 5.43. The Morgan fingerprint density at radius 3 is 2.53 bits per heavy atom. The van der Waals surface area contributed by atoms with Crippen LogP contribution in [0.25, 0.3) is 0 Å². The van der Waals surface area contributed by atoms with Crippen molar-refractivity contribution in [2.45, 2.75) is 17.8 Å². The van der Waals surface area contributed by atoms with Crippen LogP contribution in [0.3, 0.4) is 0 Å². The van der Waals surface area contributed by atoms with Crippen molar-refractivity contribution in [1.29, 1.82) is 0 Å². The standard InChI is InChI=1S/C21H20F3N5O2S/c1-29-13-26-28-20(29)32-12-18(30)27-17-4-2-3-15(11-17)19(31)25-10-9-14-5-7-16(8-6-14)21(22,23)24/h2-8,11,13H,9-10,12H2,1H3,(H,25,31)(H,27,30). The first-order valence-electron chi connectivity index (χ1n) is 9.53. The Bertz CT molecular complexity index is 1080. The summed E-state index contributed by atoms with van der Waals surface area (Å²) in [4.78, 5) is 24.5. The maximum Gasteiger partial charge on any atom is 0.416 e. The number of rotatable bonds is 8. The molecule has 0 radical (unpaired) electrons. The molecule has 1 heterocycles. The van der Waals surface area contributed by atoms with Gasteiger partial charge in [0.25, 0.3) is 5.91 Å².